The molecule has 1 rings (SSSR count). The molecule has 12 heavy (non-hydrogen) atoms. The zero-order valence-corrected chi connectivity index (χ0v) is 10.2. The highest BCUT2D eigenvalue weighted by molar-refractivity contribution is 14.1. The van der Waals surface area contributed by atoms with Gasteiger partial charge in [-0.15, -0.1) is 4.91 Å². The highest BCUT2D eigenvalue weighted by Gasteiger charge is 2.09. The number of aliphatic hydroxyl groups excluding tert-OH is 1. The van der Waals surface area contributed by atoms with E-state index in [1.54, 1.807) is 12.1 Å². The fraction of sp³-hybridized carbons (Fsp3) is 0.143. The van der Waals surface area contributed by atoms with Crippen LogP contribution in [0, 0.1) is 8.48 Å². The van der Waals surface area contributed by atoms with Crippen LogP contribution in [0.3, 0.4) is 0 Å². The van der Waals surface area contributed by atoms with Crippen molar-refractivity contribution >= 4 is 50.9 Å². The van der Waals surface area contributed by atoms with Gasteiger partial charge >= 0.3 is 0 Å². The maximum absolute atomic E-state index is 10.3. The molecule has 0 aliphatic heterocycles. The third-order valence-corrected chi connectivity index (χ3v) is 2.69. The van der Waals surface area contributed by atoms with Gasteiger partial charge in [-0.1, -0.05) is 6.07 Å². The minimum absolute atomic E-state index is 0.309. The lowest BCUT2D eigenvalue weighted by molar-refractivity contribution is 0.287. The number of hydrogen-bond donors (Lipinski definition) is 1. The van der Waals surface area contributed by atoms with Crippen molar-refractivity contribution in [1.82, 2.24) is 0 Å². The molecule has 3 nitrogen and oxygen atoms in total. The normalized spacial score (nSPS) is 12.6. The van der Waals surface area contributed by atoms with E-state index in [0.29, 0.717) is 11.3 Å². The van der Waals surface area contributed by atoms with Crippen LogP contribution in [0.4, 0.5) is 5.69 Å². The molecule has 1 atom stereocenters. The minimum atomic E-state index is -0.674. The number of benzene rings is 1. The summed E-state index contributed by atoms with van der Waals surface area (Å²) in [6.45, 7) is 0. The summed E-state index contributed by atoms with van der Waals surface area (Å²) in [5.74, 6) is 0. The highest BCUT2D eigenvalue weighted by atomic mass is 127. The van der Waals surface area contributed by atoms with Crippen molar-refractivity contribution in [3.63, 3.8) is 0 Å². The van der Waals surface area contributed by atoms with E-state index in [4.69, 9.17) is 0 Å². The predicted molar refractivity (Wildman–Crippen MR) is 63.6 cm³/mol. The SMILES string of the molecule is O=Nc1cc(I)ccc1C(O)I. The Labute approximate surface area is 96.8 Å². The number of aliphatic hydroxyl groups is 1. The molecule has 0 heterocycles. The van der Waals surface area contributed by atoms with Crippen molar-refractivity contribution < 1.29 is 5.11 Å². The maximum Gasteiger partial charge on any atom is 0.132 e. The van der Waals surface area contributed by atoms with E-state index in [1.165, 1.54) is 0 Å². The van der Waals surface area contributed by atoms with Gasteiger partial charge in [0.25, 0.3) is 0 Å². The Morgan fingerprint density at radius 3 is 2.67 bits per heavy atom. The molecule has 64 valence electrons. The molecule has 0 bridgehead atoms. The van der Waals surface area contributed by atoms with Crippen LogP contribution in [0.15, 0.2) is 23.4 Å². The highest BCUT2D eigenvalue weighted by Crippen LogP contribution is 2.30. The summed E-state index contributed by atoms with van der Waals surface area (Å²) in [5, 5.41) is 12.0. The van der Waals surface area contributed by atoms with Gasteiger partial charge in [0.15, 0.2) is 0 Å². The van der Waals surface area contributed by atoms with Crippen LogP contribution in [-0.2, 0) is 0 Å². The Hall–Kier alpha value is 0.240. The molecule has 0 saturated heterocycles. The van der Waals surface area contributed by atoms with E-state index in [-0.39, 0.29) is 0 Å². The maximum atomic E-state index is 10.3. The monoisotopic (exact) mass is 389 g/mol. The summed E-state index contributed by atoms with van der Waals surface area (Å²) in [5.41, 5.74) is 0.870. The standard InChI is InChI=1S/C7H5I2NO2/c8-4-1-2-5(7(9)11)6(3-4)10-12/h1-3,7,11H. The molecular formula is C7H5I2NO2. The molecule has 0 spiro atoms. The van der Waals surface area contributed by atoms with E-state index in [0.717, 1.165) is 3.57 Å². The van der Waals surface area contributed by atoms with E-state index >= 15 is 0 Å². The van der Waals surface area contributed by atoms with Gasteiger partial charge in [0.1, 0.15) is 9.80 Å². The second kappa shape index (κ2) is 4.47. The summed E-state index contributed by atoms with van der Waals surface area (Å²) in [6.07, 6.45) is 0. The minimum Gasteiger partial charge on any atom is -0.378 e. The Morgan fingerprint density at radius 1 is 1.50 bits per heavy atom. The summed E-state index contributed by atoms with van der Waals surface area (Å²) in [4.78, 5) is 10.3. The lowest BCUT2D eigenvalue weighted by Crippen LogP contribution is -1.87. The predicted octanol–water partition coefficient (Wildman–Crippen LogP) is 3.12. The summed E-state index contributed by atoms with van der Waals surface area (Å²) in [7, 11) is 0. The van der Waals surface area contributed by atoms with Gasteiger partial charge in [0.05, 0.1) is 0 Å². The molecular weight excluding hydrogens is 384 g/mol. The van der Waals surface area contributed by atoms with E-state index < -0.39 is 4.11 Å². The van der Waals surface area contributed by atoms with Crippen LogP contribution in [0.5, 0.6) is 0 Å². The largest absolute Gasteiger partial charge is 0.378 e. The molecule has 1 N–H and O–H groups in total. The second-order valence-electron chi connectivity index (χ2n) is 2.13. The third-order valence-electron chi connectivity index (χ3n) is 1.35. The lowest BCUT2D eigenvalue weighted by Gasteiger charge is -2.04. The van der Waals surface area contributed by atoms with E-state index in [2.05, 4.69) is 27.8 Å². The fourth-order valence-corrected chi connectivity index (χ4v) is 1.80. The molecule has 1 unspecified atom stereocenters. The Morgan fingerprint density at radius 2 is 2.17 bits per heavy atom. The van der Waals surface area contributed by atoms with Crippen molar-refractivity contribution in [2.75, 3.05) is 0 Å². The number of alkyl halides is 1. The fourth-order valence-electron chi connectivity index (χ4n) is 0.797. The quantitative estimate of drug-likeness (QED) is 0.480. The lowest BCUT2D eigenvalue weighted by atomic mass is 10.2. The van der Waals surface area contributed by atoms with E-state index in [1.807, 2.05) is 28.7 Å². The number of rotatable bonds is 2. The Bertz CT molecular complexity index is 301. The van der Waals surface area contributed by atoms with Crippen LogP contribution in [0.25, 0.3) is 0 Å². The van der Waals surface area contributed by atoms with Crippen LogP contribution in [0.1, 0.15) is 9.67 Å². The van der Waals surface area contributed by atoms with Gasteiger partial charge in [0.2, 0.25) is 0 Å². The zero-order chi connectivity index (χ0) is 9.14. The van der Waals surface area contributed by atoms with Crippen molar-refractivity contribution in [1.29, 1.82) is 0 Å². The number of nitroso groups, excluding NO2 is 1. The molecule has 0 fully saturated rings. The topological polar surface area (TPSA) is 49.7 Å². The van der Waals surface area contributed by atoms with Gasteiger partial charge in [-0.3, -0.25) is 0 Å². The molecule has 0 aliphatic carbocycles. The van der Waals surface area contributed by atoms with Gasteiger partial charge in [-0.2, -0.15) is 0 Å². The molecule has 1 aromatic rings. The second-order valence-corrected chi connectivity index (χ2v) is 4.56. The molecule has 0 aliphatic rings. The van der Waals surface area contributed by atoms with Crippen LogP contribution >= 0.6 is 45.2 Å². The molecule has 0 aromatic heterocycles. The smallest absolute Gasteiger partial charge is 0.132 e. The average Bonchev–Trinajstić information content (AvgIpc) is 2.03. The molecule has 0 amide bonds. The van der Waals surface area contributed by atoms with Gasteiger partial charge in [-0.05, 0) is 62.5 Å². The molecule has 1 aromatic carbocycles. The van der Waals surface area contributed by atoms with Crippen molar-refractivity contribution in [2.45, 2.75) is 4.11 Å². The average molecular weight is 389 g/mol. The summed E-state index contributed by atoms with van der Waals surface area (Å²) in [6, 6.07) is 5.17. The number of halogens is 2. The Balaban J connectivity index is 3.20. The Kier molecular flexibility index (Phi) is 3.84. The number of nitrogens with zero attached hydrogens (tertiary/aromatic N) is 1. The van der Waals surface area contributed by atoms with Crippen LogP contribution in [0.2, 0.25) is 0 Å². The first-order valence-corrected chi connectivity index (χ1v) is 5.42. The van der Waals surface area contributed by atoms with Crippen molar-refractivity contribution in [3.8, 4) is 0 Å². The number of hydrogen-bond acceptors (Lipinski definition) is 3. The third kappa shape index (κ3) is 2.36. The molecule has 0 radical (unpaired) electrons. The van der Waals surface area contributed by atoms with Crippen LogP contribution < -0.4 is 0 Å². The summed E-state index contributed by atoms with van der Waals surface area (Å²) >= 11 is 3.91. The van der Waals surface area contributed by atoms with Crippen LogP contribution in [-0.4, -0.2) is 5.11 Å². The first-order valence-electron chi connectivity index (χ1n) is 3.10. The van der Waals surface area contributed by atoms with E-state index in [9.17, 15) is 10.0 Å². The summed E-state index contributed by atoms with van der Waals surface area (Å²) < 4.78 is 0.260. The van der Waals surface area contributed by atoms with Gasteiger partial charge < -0.3 is 5.11 Å². The first kappa shape index (κ1) is 10.3. The zero-order valence-electron chi connectivity index (χ0n) is 5.87. The first-order chi connectivity index (χ1) is 5.65. The molecule has 0 saturated carbocycles. The van der Waals surface area contributed by atoms with Crippen molar-refractivity contribution in [2.24, 2.45) is 5.18 Å². The van der Waals surface area contributed by atoms with Crippen molar-refractivity contribution in [3.05, 3.63) is 32.2 Å². The molecule has 5 heteroatoms. The van der Waals surface area contributed by atoms with Gasteiger partial charge in [-0.25, -0.2) is 0 Å². The van der Waals surface area contributed by atoms with Gasteiger partial charge in [0, 0.05) is 9.13 Å².